The number of likely N-dealkylation sites (N-methyl/N-ethyl adjacent to an activating group) is 1. The molecule has 0 fully saturated rings. The van der Waals surface area contributed by atoms with Crippen LogP contribution in [0.2, 0.25) is 0 Å². The topological polar surface area (TPSA) is 94.1 Å². The third kappa shape index (κ3) is 47.6. The lowest BCUT2D eigenvalue weighted by atomic mass is 10.0. The van der Waals surface area contributed by atoms with E-state index >= 15 is 0 Å². The maximum atomic E-state index is 12.7. The Balaban J connectivity index is 4.10. The van der Waals surface area contributed by atoms with E-state index in [9.17, 15) is 14.3 Å². The Kier molecular flexibility index (Phi) is 42.4. The fourth-order valence-electron chi connectivity index (χ4n) is 6.92. The number of esters is 1. The molecule has 59 heavy (non-hydrogen) atoms. The first-order chi connectivity index (χ1) is 28.6. The Labute approximate surface area is 365 Å². The van der Waals surface area contributed by atoms with E-state index in [1.807, 2.05) is 21.1 Å². The van der Waals surface area contributed by atoms with Crippen molar-refractivity contribution in [3.63, 3.8) is 0 Å². The number of rotatable bonds is 46. The number of carbonyl (C=O) groups is 1. The number of nitrogens with zero attached hydrogens (tertiary/aromatic N) is 1. The highest BCUT2D eigenvalue weighted by molar-refractivity contribution is 7.45. The number of allylic oxidation sites excluding steroid dienone is 6. The molecule has 0 radical (unpaired) electrons. The average Bonchev–Trinajstić information content (AvgIpc) is 3.19. The van der Waals surface area contributed by atoms with Crippen molar-refractivity contribution in [1.29, 1.82) is 0 Å². The van der Waals surface area contributed by atoms with Gasteiger partial charge >= 0.3 is 5.97 Å². The van der Waals surface area contributed by atoms with E-state index in [1.165, 1.54) is 128 Å². The number of unbranched alkanes of at least 4 members (excludes halogenated alkanes) is 26. The number of hydrogen-bond acceptors (Lipinski definition) is 7. The number of phosphoric acid groups is 1. The van der Waals surface area contributed by atoms with E-state index in [0.29, 0.717) is 24.1 Å². The first kappa shape index (κ1) is 57.7. The fraction of sp³-hybridized carbons (Fsp3) is 0.860. The summed E-state index contributed by atoms with van der Waals surface area (Å²) in [4.78, 5) is 25.1. The van der Waals surface area contributed by atoms with Crippen molar-refractivity contribution >= 4 is 13.8 Å². The van der Waals surface area contributed by atoms with Crippen molar-refractivity contribution in [1.82, 2.24) is 0 Å². The molecule has 0 N–H and O–H groups in total. The van der Waals surface area contributed by atoms with Gasteiger partial charge in [0.1, 0.15) is 19.3 Å². The van der Waals surface area contributed by atoms with E-state index in [1.54, 1.807) is 0 Å². The zero-order valence-electron chi connectivity index (χ0n) is 39.5. The van der Waals surface area contributed by atoms with Crippen LogP contribution in [0.15, 0.2) is 36.5 Å². The molecule has 9 heteroatoms. The Morgan fingerprint density at radius 1 is 0.542 bits per heavy atom. The summed E-state index contributed by atoms with van der Waals surface area (Å²) in [6.07, 6.45) is 51.8. The first-order valence-electron chi connectivity index (χ1n) is 24.7. The SMILES string of the molecule is CC/C=C\C/C=C\C/C=C\CCCCCCOCC(COP(=O)([O-])OCC[N+](C)(C)C)OC(=O)CCCCCCCCCCCCCCCCCCCCCCCCC. The number of ether oxygens (including phenoxy) is 2. The van der Waals surface area contributed by atoms with Crippen molar-refractivity contribution in [2.24, 2.45) is 0 Å². The van der Waals surface area contributed by atoms with Crippen LogP contribution in [-0.4, -0.2) is 70.7 Å². The van der Waals surface area contributed by atoms with Gasteiger partial charge in [0.2, 0.25) is 0 Å². The smallest absolute Gasteiger partial charge is 0.306 e. The van der Waals surface area contributed by atoms with Crippen LogP contribution >= 0.6 is 7.82 Å². The minimum Gasteiger partial charge on any atom is -0.756 e. The molecule has 0 amide bonds. The molecule has 2 atom stereocenters. The Morgan fingerprint density at radius 2 is 0.983 bits per heavy atom. The summed E-state index contributed by atoms with van der Waals surface area (Å²) in [7, 11) is 1.35. The standard InChI is InChI=1S/C50H96NO7P/c1-6-8-10-12-14-16-18-20-22-23-24-25-26-27-28-29-30-31-33-35-37-39-41-43-50(52)58-49(48-57-59(53,54)56-46-44-51(3,4)5)47-55-45-42-40-38-36-34-32-21-19-17-15-13-11-9-7-2/h9,11,15,17,21,32,49H,6-8,10,12-14,16,18-20,22-31,33-48H2,1-5H3/b11-9-,17-15-,32-21-. The third-order valence-electron chi connectivity index (χ3n) is 10.7. The molecule has 0 saturated carbocycles. The maximum Gasteiger partial charge on any atom is 0.306 e. The lowest BCUT2D eigenvalue weighted by Gasteiger charge is -2.28. The van der Waals surface area contributed by atoms with Gasteiger partial charge in [-0.3, -0.25) is 9.36 Å². The van der Waals surface area contributed by atoms with Crippen molar-refractivity contribution in [2.75, 3.05) is 54.1 Å². The quantitative estimate of drug-likeness (QED) is 0.0198. The van der Waals surface area contributed by atoms with E-state index in [0.717, 1.165) is 70.6 Å². The number of phosphoric ester groups is 1. The summed E-state index contributed by atoms with van der Waals surface area (Å²) in [5, 5.41) is 0. The van der Waals surface area contributed by atoms with Crippen LogP contribution in [0.4, 0.5) is 0 Å². The molecule has 0 aromatic carbocycles. The second kappa shape index (κ2) is 43.4. The minimum atomic E-state index is -4.53. The maximum absolute atomic E-state index is 12.7. The second-order valence-electron chi connectivity index (χ2n) is 17.8. The second-order valence-corrected chi connectivity index (χ2v) is 19.2. The van der Waals surface area contributed by atoms with E-state index in [-0.39, 0.29) is 25.8 Å². The summed E-state index contributed by atoms with van der Waals surface area (Å²) in [6.45, 7) is 5.28. The van der Waals surface area contributed by atoms with Crippen LogP contribution in [0.3, 0.4) is 0 Å². The number of hydrogen-bond donors (Lipinski definition) is 0. The summed E-state index contributed by atoms with van der Waals surface area (Å²) in [5.74, 6) is -0.339. The normalized spacial score (nSPS) is 13.9. The van der Waals surface area contributed by atoms with Gasteiger partial charge < -0.3 is 27.9 Å². The van der Waals surface area contributed by atoms with Gasteiger partial charge in [0.15, 0.2) is 0 Å². The Bertz CT molecular complexity index is 1040. The Morgan fingerprint density at radius 3 is 1.47 bits per heavy atom. The highest BCUT2D eigenvalue weighted by Gasteiger charge is 2.20. The van der Waals surface area contributed by atoms with Crippen LogP contribution in [0.25, 0.3) is 0 Å². The van der Waals surface area contributed by atoms with Crippen LogP contribution in [0.1, 0.15) is 219 Å². The van der Waals surface area contributed by atoms with Gasteiger partial charge in [-0.05, 0) is 44.9 Å². The van der Waals surface area contributed by atoms with Crippen LogP contribution in [0.5, 0.6) is 0 Å². The summed E-state index contributed by atoms with van der Waals surface area (Å²) < 4.78 is 34.6. The van der Waals surface area contributed by atoms with Crippen molar-refractivity contribution in [3.05, 3.63) is 36.5 Å². The molecule has 0 aliphatic carbocycles. The molecule has 0 spiro atoms. The molecule has 0 bridgehead atoms. The zero-order chi connectivity index (χ0) is 43.4. The molecule has 0 rings (SSSR count). The fourth-order valence-corrected chi connectivity index (χ4v) is 7.64. The third-order valence-corrected chi connectivity index (χ3v) is 11.7. The van der Waals surface area contributed by atoms with Crippen molar-refractivity contribution in [3.8, 4) is 0 Å². The molecule has 0 heterocycles. The molecule has 8 nitrogen and oxygen atoms in total. The molecule has 0 aromatic rings. The van der Waals surface area contributed by atoms with E-state index in [2.05, 4.69) is 50.3 Å². The van der Waals surface area contributed by atoms with Gasteiger partial charge in [-0.25, -0.2) is 0 Å². The lowest BCUT2D eigenvalue weighted by molar-refractivity contribution is -0.870. The highest BCUT2D eigenvalue weighted by atomic mass is 31.2. The summed E-state index contributed by atoms with van der Waals surface area (Å²) in [6, 6.07) is 0. The molecule has 0 saturated heterocycles. The summed E-state index contributed by atoms with van der Waals surface area (Å²) in [5.41, 5.74) is 0. The molecule has 0 aliphatic rings. The van der Waals surface area contributed by atoms with Gasteiger partial charge in [0, 0.05) is 13.0 Å². The van der Waals surface area contributed by atoms with Crippen molar-refractivity contribution in [2.45, 2.75) is 225 Å². The van der Waals surface area contributed by atoms with Gasteiger partial charge in [-0.2, -0.15) is 0 Å². The number of carbonyl (C=O) groups excluding carboxylic acids is 1. The molecule has 2 unspecified atom stereocenters. The Hall–Kier alpha value is -1.28. The van der Waals surface area contributed by atoms with E-state index in [4.69, 9.17) is 18.5 Å². The molecular formula is C50H96NO7P. The van der Waals surface area contributed by atoms with Crippen molar-refractivity contribution < 1.29 is 37.3 Å². The first-order valence-corrected chi connectivity index (χ1v) is 26.2. The zero-order valence-corrected chi connectivity index (χ0v) is 40.4. The molecule has 0 aliphatic heterocycles. The van der Waals surface area contributed by atoms with Crippen LogP contribution in [-0.2, 0) is 27.9 Å². The van der Waals surface area contributed by atoms with Gasteiger partial charge in [-0.15, -0.1) is 0 Å². The predicted molar refractivity (Wildman–Crippen MR) is 250 cm³/mol. The lowest BCUT2D eigenvalue weighted by Crippen LogP contribution is -2.37. The largest absolute Gasteiger partial charge is 0.756 e. The van der Waals surface area contributed by atoms with Gasteiger partial charge in [0.25, 0.3) is 7.82 Å². The van der Waals surface area contributed by atoms with Crippen LogP contribution < -0.4 is 4.89 Å². The summed E-state index contributed by atoms with van der Waals surface area (Å²) >= 11 is 0. The van der Waals surface area contributed by atoms with Crippen LogP contribution in [0, 0.1) is 0 Å². The van der Waals surface area contributed by atoms with Gasteiger partial charge in [0.05, 0.1) is 34.4 Å². The monoisotopic (exact) mass is 854 g/mol. The average molecular weight is 854 g/mol. The highest BCUT2D eigenvalue weighted by Crippen LogP contribution is 2.38. The van der Waals surface area contributed by atoms with Gasteiger partial charge in [-0.1, -0.05) is 204 Å². The minimum absolute atomic E-state index is 0.0224. The molecular weight excluding hydrogens is 758 g/mol. The predicted octanol–water partition coefficient (Wildman–Crippen LogP) is 14.3. The number of quaternary nitrogens is 1. The molecule has 348 valence electrons. The molecule has 0 aromatic heterocycles. The van der Waals surface area contributed by atoms with E-state index < -0.39 is 13.9 Å².